The average Bonchev–Trinajstić information content (AvgIpc) is 2.72. The zero-order chi connectivity index (χ0) is 19.8. The number of benzene rings is 3. The molecule has 0 bridgehead atoms. The third kappa shape index (κ3) is 5.61. The summed E-state index contributed by atoms with van der Waals surface area (Å²) in [6.45, 7) is 5.23. The van der Waals surface area contributed by atoms with E-state index < -0.39 is 0 Å². The lowest BCUT2D eigenvalue weighted by Crippen LogP contribution is -2.14. The minimum Gasteiger partial charge on any atom is -0.493 e. The second-order valence-corrected chi connectivity index (χ2v) is 6.96. The van der Waals surface area contributed by atoms with E-state index in [4.69, 9.17) is 9.47 Å². The van der Waals surface area contributed by atoms with Gasteiger partial charge in [0.1, 0.15) is 18.1 Å². The molecule has 0 aromatic heterocycles. The SMILES string of the molecule is CC(C)COc1cccc(NC(=O)c2ccccc2OCc2ccccc2)c1. The van der Waals surface area contributed by atoms with Crippen LogP contribution in [0.5, 0.6) is 11.5 Å². The number of nitrogens with one attached hydrogen (secondary N) is 1. The Labute approximate surface area is 166 Å². The standard InChI is InChI=1S/C24H25NO3/c1-18(2)16-27-21-12-8-11-20(15-21)25-24(26)22-13-6-7-14-23(22)28-17-19-9-4-3-5-10-19/h3-15,18H,16-17H2,1-2H3,(H,25,26). The molecule has 144 valence electrons. The van der Waals surface area contributed by atoms with Crippen molar-refractivity contribution < 1.29 is 14.3 Å². The van der Waals surface area contributed by atoms with Crippen LogP contribution in [-0.4, -0.2) is 12.5 Å². The Morgan fingerprint density at radius 3 is 2.43 bits per heavy atom. The van der Waals surface area contributed by atoms with Gasteiger partial charge in [0.15, 0.2) is 0 Å². The van der Waals surface area contributed by atoms with Crippen LogP contribution < -0.4 is 14.8 Å². The normalized spacial score (nSPS) is 10.5. The van der Waals surface area contributed by atoms with Crippen LogP contribution in [0.3, 0.4) is 0 Å². The van der Waals surface area contributed by atoms with Crippen molar-refractivity contribution in [1.82, 2.24) is 0 Å². The molecule has 0 aliphatic carbocycles. The van der Waals surface area contributed by atoms with Crippen LogP contribution in [0.2, 0.25) is 0 Å². The molecular weight excluding hydrogens is 350 g/mol. The van der Waals surface area contributed by atoms with Gasteiger partial charge in [0, 0.05) is 11.8 Å². The molecule has 4 nitrogen and oxygen atoms in total. The predicted octanol–water partition coefficient (Wildman–Crippen LogP) is 5.55. The molecule has 0 aliphatic rings. The fourth-order valence-electron chi connectivity index (χ4n) is 2.64. The van der Waals surface area contributed by atoms with E-state index in [0.29, 0.717) is 36.1 Å². The molecule has 0 unspecified atom stereocenters. The minimum absolute atomic E-state index is 0.218. The Balaban J connectivity index is 1.68. The van der Waals surface area contributed by atoms with Gasteiger partial charge in [-0.05, 0) is 35.7 Å². The Morgan fingerprint density at radius 1 is 0.893 bits per heavy atom. The number of rotatable bonds is 8. The van der Waals surface area contributed by atoms with Gasteiger partial charge in [0.2, 0.25) is 0 Å². The molecule has 1 amide bonds. The van der Waals surface area contributed by atoms with E-state index in [-0.39, 0.29) is 5.91 Å². The Morgan fingerprint density at radius 2 is 1.64 bits per heavy atom. The van der Waals surface area contributed by atoms with Crippen molar-refractivity contribution in [3.63, 3.8) is 0 Å². The predicted molar refractivity (Wildman–Crippen MR) is 112 cm³/mol. The number of amides is 1. The van der Waals surface area contributed by atoms with Crippen LogP contribution in [0.1, 0.15) is 29.8 Å². The second-order valence-electron chi connectivity index (χ2n) is 6.96. The monoisotopic (exact) mass is 375 g/mol. The topological polar surface area (TPSA) is 47.6 Å². The van der Waals surface area contributed by atoms with E-state index in [1.807, 2.05) is 66.7 Å². The van der Waals surface area contributed by atoms with Gasteiger partial charge >= 0.3 is 0 Å². The summed E-state index contributed by atoms with van der Waals surface area (Å²) in [4.78, 5) is 12.8. The first kappa shape index (κ1) is 19.5. The summed E-state index contributed by atoms with van der Waals surface area (Å²) in [6.07, 6.45) is 0. The first-order chi connectivity index (χ1) is 13.6. The lowest BCUT2D eigenvalue weighted by atomic mass is 10.1. The van der Waals surface area contributed by atoms with Crippen LogP contribution in [0, 0.1) is 5.92 Å². The van der Waals surface area contributed by atoms with Gasteiger partial charge in [0.05, 0.1) is 12.2 Å². The van der Waals surface area contributed by atoms with Gasteiger partial charge in [-0.2, -0.15) is 0 Å². The van der Waals surface area contributed by atoms with Crippen molar-refractivity contribution >= 4 is 11.6 Å². The van der Waals surface area contributed by atoms with Crippen molar-refractivity contribution in [3.05, 3.63) is 90.0 Å². The van der Waals surface area contributed by atoms with Crippen LogP contribution >= 0.6 is 0 Å². The third-order valence-electron chi connectivity index (χ3n) is 4.04. The maximum Gasteiger partial charge on any atom is 0.259 e. The molecule has 3 aromatic carbocycles. The number of anilines is 1. The highest BCUT2D eigenvalue weighted by molar-refractivity contribution is 6.06. The molecular formula is C24H25NO3. The minimum atomic E-state index is -0.218. The molecule has 3 aromatic rings. The van der Waals surface area contributed by atoms with Crippen LogP contribution in [0.4, 0.5) is 5.69 Å². The molecule has 0 aliphatic heterocycles. The van der Waals surface area contributed by atoms with E-state index in [9.17, 15) is 4.79 Å². The van der Waals surface area contributed by atoms with Gasteiger partial charge in [0.25, 0.3) is 5.91 Å². The van der Waals surface area contributed by atoms with E-state index in [0.717, 1.165) is 11.3 Å². The molecule has 4 heteroatoms. The molecule has 0 spiro atoms. The van der Waals surface area contributed by atoms with Gasteiger partial charge < -0.3 is 14.8 Å². The fourth-order valence-corrected chi connectivity index (χ4v) is 2.64. The molecule has 0 radical (unpaired) electrons. The maximum atomic E-state index is 12.8. The summed E-state index contributed by atoms with van der Waals surface area (Å²) in [5.41, 5.74) is 2.23. The van der Waals surface area contributed by atoms with E-state index in [1.165, 1.54) is 0 Å². The summed E-state index contributed by atoms with van der Waals surface area (Å²) in [5, 5.41) is 2.93. The largest absolute Gasteiger partial charge is 0.493 e. The van der Waals surface area contributed by atoms with Crippen molar-refractivity contribution in [1.29, 1.82) is 0 Å². The molecule has 0 atom stereocenters. The molecule has 0 saturated carbocycles. The highest BCUT2D eigenvalue weighted by Crippen LogP contribution is 2.23. The van der Waals surface area contributed by atoms with Crippen molar-refractivity contribution in [2.45, 2.75) is 20.5 Å². The maximum absolute atomic E-state index is 12.8. The smallest absolute Gasteiger partial charge is 0.259 e. The first-order valence-electron chi connectivity index (χ1n) is 9.42. The van der Waals surface area contributed by atoms with Crippen LogP contribution in [0.25, 0.3) is 0 Å². The van der Waals surface area contributed by atoms with Gasteiger partial charge in [-0.25, -0.2) is 0 Å². The number of hydrogen-bond acceptors (Lipinski definition) is 3. The molecule has 0 fully saturated rings. The average molecular weight is 375 g/mol. The number of carbonyl (C=O) groups excluding carboxylic acids is 1. The third-order valence-corrected chi connectivity index (χ3v) is 4.04. The van der Waals surface area contributed by atoms with Crippen molar-refractivity contribution in [2.75, 3.05) is 11.9 Å². The lowest BCUT2D eigenvalue weighted by Gasteiger charge is -2.13. The Bertz CT molecular complexity index is 906. The van der Waals surface area contributed by atoms with Crippen molar-refractivity contribution in [2.24, 2.45) is 5.92 Å². The van der Waals surface area contributed by atoms with Crippen molar-refractivity contribution in [3.8, 4) is 11.5 Å². The highest BCUT2D eigenvalue weighted by Gasteiger charge is 2.13. The summed E-state index contributed by atoms with van der Waals surface area (Å²) in [7, 11) is 0. The van der Waals surface area contributed by atoms with Gasteiger partial charge in [-0.15, -0.1) is 0 Å². The molecule has 3 rings (SSSR count). The van der Waals surface area contributed by atoms with Crippen LogP contribution in [0.15, 0.2) is 78.9 Å². The number of para-hydroxylation sites is 1. The zero-order valence-corrected chi connectivity index (χ0v) is 16.2. The number of hydrogen-bond donors (Lipinski definition) is 1. The summed E-state index contributed by atoms with van der Waals surface area (Å²) >= 11 is 0. The van der Waals surface area contributed by atoms with Gasteiger partial charge in [-0.3, -0.25) is 4.79 Å². The summed E-state index contributed by atoms with van der Waals surface area (Å²) < 4.78 is 11.6. The summed E-state index contributed by atoms with van der Waals surface area (Å²) in [6, 6.07) is 24.5. The van der Waals surface area contributed by atoms with E-state index >= 15 is 0 Å². The van der Waals surface area contributed by atoms with E-state index in [1.54, 1.807) is 12.1 Å². The summed E-state index contributed by atoms with van der Waals surface area (Å²) in [5.74, 6) is 1.51. The number of carbonyl (C=O) groups is 1. The molecule has 0 saturated heterocycles. The lowest BCUT2D eigenvalue weighted by molar-refractivity contribution is 0.102. The molecule has 0 heterocycles. The quantitative estimate of drug-likeness (QED) is 0.561. The Hall–Kier alpha value is -3.27. The molecule has 1 N–H and O–H groups in total. The second kappa shape index (κ2) is 9.60. The van der Waals surface area contributed by atoms with Crippen LogP contribution in [-0.2, 0) is 6.61 Å². The first-order valence-corrected chi connectivity index (χ1v) is 9.42. The Kier molecular flexibility index (Phi) is 6.68. The highest BCUT2D eigenvalue weighted by atomic mass is 16.5. The molecule has 28 heavy (non-hydrogen) atoms. The fraction of sp³-hybridized carbons (Fsp3) is 0.208. The zero-order valence-electron chi connectivity index (χ0n) is 16.2. The van der Waals surface area contributed by atoms with E-state index in [2.05, 4.69) is 19.2 Å². The number of ether oxygens (including phenoxy) is 2. The van der Waals surface area contributed by atoms with Gasteiger partial charge in [-0.1, -0.05) is 62.4 Å².